The fraction of sp³-hybridized carbons (Fsp3) is 1.00. The van der Waals surface area contributed by atoms with E-state index >= 15 is 0 Å². The predicted molar refractivity (Wildman–Crippen MR) is 56.9 cm³/mol. The first-order chi connectivity index (χ1) is 5.39. The van der Waals surface area contributed by atoms with Gasteiger partial charge in [-0.3, -0.25) is 14.7 Å². The van der Waals surface area contributed by atoms with E-state index in [0.717, 1.165) is 10.4 Å². The van der Waals surface area contributed by atoms with Crippen LogP contribution in [0.25, 0.3) is 0 Å². The van der Waals surface area contributed by atoms with E-state index < -0.39 is 0 Å². The number of hydrogen-bond acceptors (Lipinski definition) is 4. The van der Waals surface area contributed by atoms with Gasteiger partial charge in [-0.1, -0.05) is 0 Å². The summed E-state index contributed by atoms with van der Waals surface area (Å²) in [6.45, 7) is 0. The zero-order valence-electron chi connectivity index (χ0n) is 9.34. The molecule has 4 nitrogen and oxygen atoms in total. The predicted octanol–water partition coefficient (Wildman–Crippen LogP) is -1.85. The molecular weight excluding hydrogens is 168 g/mol. The zero-order chi connectivity index (χ0) is 9.94. The molecule has 0 aromatic carbocycles. The molecule has 74 valence electrons. The van der Waals surface area contributed by atoms with E-state index in [2.05, 4.69) is 62.0 Å². The summed E-state index contributed by atoms with van der Waals surface area (Å²) in [7, 11) is 13.4. The van der Waals surface area contributed by atoms with Crippen LogP contribution >= 0.6 is 0 Å². The highest BCUT2D eigenvalue weighted by atomic mass is 28.2. The van der Waals surface area contributed by atoms with Crippen molar-refractivity contribution in [3.05, 3.63) is 0 Å². The van der Waals surface area contributed by atoms with Crippen LogP contribution in [-0.4, -0.2) is 73.3 Å². The van der Waals surface area contributed by atoms with Crippen molar-refractivity contribution < 1.29 is 0 Å². The average molecular weight is 190 g/mol. The van der Waals surface area contributed by atoms with Crippen LogP contribution in [0.4, 0.5) is 0 Å². The second-order valence-electron chi connectivity index (χ2n) is 3.57. The Bertz CT molecular complexity index is 114. The number of rotatable bonds is 4. The Hall–Kier alpha value is 0.0569. The van der Waals surface area contributed by atoms with Gasteiger partial charge in [-0.25, -0.2) is 0 Å². The lowest BCUT2D eigenvalue weighted by atomic mass is 10.4. The Morgan fingerprint density at radius 2 is 1.08 bits per heavy atom. The van der Waals surface area contributed by atoms with Gasteiger partial charge in [0.25, 0.3) is 0 Å². The average Bonchev–Trinajstić information content (AvgIpc) is 1.86. The molecule has 5 heteroatoms. The molecule has 0 bridgehead atoms. The summed E-state index contributed by atoms with van der Waals surface area (Å²) in [5.74, 6) is -0.147. The first-order valence-electron chi connectivity index (χ1n) is 4.10. The van der Waals surface area contributed by atoms with Gasteiger partial charge >= 0.3 is 0 Å². The van der Waals surface area contributed by atoms with Gasteiger partial charge in [0, 0.05) is 0 Å². The van der Waals surface area contributed by atoms with E-state index in [1.165, 1.54) is 0 Å². The minimum Gasteiger partial charge on any atom is -0.304 e. The third-order valence-electron chi connectivity index (χ3n) is 2.21. The summed E-state index contributed by atoms with van der Waals surface area (Å²) in [5.41, 5.74) is 0. The summed E-state index contributed by atoms with van der Waals surface area (Å²) in [6.07, 6.45) is 0. The number of hydrogen-bond donors (Lipinski definition) is 1. The molecule has 0 atom stereocenters. The molecule has 0 aliphatic rings. The molecule has 0 aromatic heterocycles. The highest BCUT2D eigenvalue weighted by Gasteiger charge is 2.35. The monoisotopic (exact) mass is 190 g/mol. The van der Waals surface area contributed by atoms with Crippen LogP contribution < -0.4 is 4.98 Å². The topological polar surface area (TPSA) is 21.8 Å². The molecular formula is C7H22N4Si. The number of nitrogens with zero attached hydrogens (tertiary/aromatic N) is 3. The minimum absolute atomic E-state index is 0.147. The fourth-order valence-corrected chi connectivity index (χ4v) is 3.21. The SMILES string of the molecule is CN(C)C(N[SiH3])(N(C)C)N(C)C. The first-order valence-corrected chi connectivity index (χ1v) is 5.10. The van der Waals surface area contributed by atoms with Crippen molar-refractivity contribution in [1.29, 1.82) is 0 Å². The maximum Gasteiger partial charge on any atom is 0.181 e. The highest BCUT2D eigenvalue weighted by Crippen LogP contribution is 2.12. The summed E-state index contributed by atoms with van der Waals surface area (Å²) in [6, 6.07) is 0. The normalized spacial score (nSPS) is 13.8. The molecule has 0 aliphatic carbocycles. The van der Waals surface area contributed by atoms with Crippen LogP contribution in [0.5, 0.6) is 0 Å². The van der Waals surface area contributed by atoms with Gasteiger partial charge in [0.05, 0.1) is 10.4 Å². The van der Waals surface area contributed by atoms with Crippen LogP contribution in [0.1, 0.15) is 0 Å². The third kappa shape index (κ3) is 1.86. The van der Waals surface area contributed by atoms with Crippen molar-refractivity contribution >= 4 is 10.4 Å². The lowest BCUT2D eigenvalue weighted by Crippen LogP contribution is -2.71. The van der Waals surface area contributed by atoms with E-state index in [4.69, 9.17) is 0 Å². The largest absolute Gasteiger partial charge is 0.304 e. The molecule has 0 unspecified atom stereocenters. The Labute approximate surface area is 79.0 Å². The van der Waals surface area contributed by atoms with E-state index in [0.29, 0.717) is 0 Å². The standard InChI is InChI=1S/C7H22N4Si/c1-9(2)7(8-12,10(3)4)11(5)6/h8H,1-6,12H3. The number of nitrogens with one attached hydrogen (secondary N) is 1. The lowest BCUT2D eigenvalue weighted by molar-refractivity contribution is -0.117. The molecule has 12 heavy (non-hydrogen) atoms. The highest BCUT2D eigenvalue weighted by molar-refractivity contribution is 6.04. The van der Waals surface area contributed by atoms with Crippen LogP contribution in [0, 0.1) is 0 Å². The zero-order valence-corrected chi connectivity index (χ0v) is 11.3. The minimum atomic E-state index is -0.147. The van der Waals surface area contributed by atoms with Crippen molar-refractivity contribution in [2.24, 2.45) is 0 Å². The summed E-state index contributed by atoms with van der Waals surface area (Å²) < 4.78 is 0. The van der Waals surface area contributed by atoms with Gasteiger partial charge in [-0.15, -0.1) is 0 Å². The van der Waals surface area contributed by atoms with E-state index in [1.807, 2.05) is 0 Å². The second-order valence-corrected chi connectivity index (χ2v) is 4.07. The van der Waals surface area contributed by atoms with Crippen LogP contribution in [-0.2, 0) is 0 Å². The third-order valence-corrected chi connectivity index (χ3v) is 2.88. The van der Waals surface area contributed by atoms with Crippen molar-refractivity contribution in [3.63, 3.8) is 0 Å². The van der Waals surface area contributed by atoms with Gasteiger partial charge in [-0.05, 0) is 42.3 Å². The summed E-state index contributed by atoms with van der Waals surface area (Å²) in [5, 5.41) is 0. The Morgan fingerprint density at radius 3 is 1.08 bits per heavy atom. The molecule has 0 saturated carbocycles. The summed E-state index contributed by atoms with van der Waals surface area (Å²) in [4.78, 5) is 9.93. The van der Waals surface area contributed by atoms with E-state index in [1.54, 1.807) is 0 Å². The molecule has 0 amide bonds. The van der Waals surface area contributed by atoms with Crippen LogP contribution in [0.3, 0.4) is 0 Å². The van der Waals surface area contributed by atoms with Crippen molar-refractivity contribution in [2.75, 3.05) is 42.3 Å². The molecule has 0 saturated heterocycles. The van der Waals surface area contributed by atoms with Crippen molar-refractivity contribution in [1.82, 2.24) is 19.7 Å². The van der Waals surface area contributed by atoms with Gasteiger partial charge in [-0.2, -0.15) is 0 Å². The van der Waals surface area contributed by atoms with Crippen molar-refractivity contribution in [2.45, 2.75) is 5.91 Å². The van der Waals surface area contributed by atoms with Crippen LogP contribution in [0.15, 0.2) is 0 Å². The van der Waals surface area contributed by atoms with Gasteiger partial charge in [0.1, 0.15) is 0 Å². The molecule has 0 spiro atoms. The van der Waals surface area contributed by atoms with E-state index in [9.17, 15) is 0 Å². The Kier molecular flexibility index (Phi) is 4.36. The smallest absolute Gasteiger partial charge is 0.181 e. The Balaban J connectivity index is 4.77. The molecule has 0 heterocycles. The molecule has 0 aliphatic heterocycles. The molecule has 0 aromatic rings. The lowest BCUT2D eigenvalue weighted by Gasteiger charge is -2.49. The molecule has 1 N–H and O–H groups in total. The van der Waals surface area contributed by atoms with Gasteiger partial charge < -0.3 is 4.98 Å². The van der Waals surface area contributed by atoms with E-state index in [-0.39, 0.29) is 5.91 Å². The first kappa shape index (κ1) is 12.1. The Morgan fingerprint density at radius 1 is 0.833 bits per heavy atom. The van der Waals surface area contributed by atoms with Crippen LogP contribution in [0.2, 0.25) is 0 Å². The van der Waals surface area contributed by atoms with Gasteiger partial charge in [0.2, 0.25) is 0 Å². The maximum absolute atomic E-state index is 3.43. The molecule has 0 radical (unpaired) electrons. The summed E-state index contributed by atoms with van der Waals surface area (Å²) >= 11 is 0. The maximum atomic E-state index is 3.43. The second kappa shape index (κ2) is 4.34. The van der Waals surface area contributed by atoms with Gasteiger partial charge in [0.15, 0.2) is 5.91 Å². The quantitative estimate of drug-likeness (QED) is 0.415. The molecule has 0 fully saturated rings. The fourth-order valence-electron chi connectivity index (χ4n) is 1.87. The van der Waals surface area contributed by atoms with Crippen molar-refractivity contribution in [3.8, 4) is 0 Å². The molecule has 0 rings (SSSR count).